The Balaban J connectivity index is 1.24. The number of hydrogen-bond donors (Lipinski definition) is 0. The van der Waals surface area contributed by atoms with Crippen LogP contribution in [0.2, 0.25) is 0 Å². The van der Waals surface area contributed by atoms with Gasteiger partial charge in [-0.3, -0.25) is 9.88 Å². The summed E-state index contributed by atoms with van der Waals surface area (Å²) >= 11 is 0. The van der Waals surface area contributed by atoms with E-state index < -0.39 is 0 Å². The highest BCUT2D eigenvalue weighted by molar-refractivity contribution is 5.81. The lowest BCUT2D eigenvalue weighted by molar-refractivity contribution is 0.230. The van der Waals surface area contributed by atoms with Gasteiger partial charge < -0.3 is 4.90 Å². The molecule has 5 heterocycles. The van der Waals surface area contributed by atoms with Crippen molar-refractivity contribution in [2.24, 2.45) is 0 Å². The topological polar surface area (TPSA) is 49.6 Å². The maximum absolute atomic E-state index is 13.6. The predicted molar refractivity (Wildman–Crippen MR) is 138 cm³/mol. The van der Waals surface area contributed by atoms with Crippen molar-refractivity contribution in [3.05, 3.63) is 103 Å². The third kappa shape index (κ3) is 3.63. The van der Waals surface area contributed by atoms with Crippen LogP contribution in [-0.2, 0) is 6.54 Å². The molecule has 2 saturated heterocycles. The predicted octanol–water partition coefficient (Wildman–Crippen LogP) is 5.06. The molecule has 0 saturated carbocycles. The van der Waals surface area contributed by atoms with Gasteiger partial charge in [0.1, 0.15) is 17.3 Å². The van der Waals surface area contributed by atoms with Crippen LogP contribution in [0.15, 0.2) is 91.3 Å². The van der Waals surface area contributed by atoms with E-state index in [2.05, 4.69) is 51.2 Å². The van der Waals surface area contributed by atoms with Crippen LogP contribution < -0.4 is 4.90 Å². The van der Waals surface area contributed by atoms with Crippen molar-refractivity contribution in [2.75, 3.05) is 18.0 Å². The maximum Gasteiger partial charge on any atom is 0.155 e. The van der Waals surface area contributed by atoms with Crippen molar-refractivity contribution in [3.63, 3.8) is 0 Å². The van der Waals surface area contributed by atoms with Crippen LogP contribution in [0.4, 0.5) is 10.2 Å². The number of hydrogen-bond acceptors (Lipinski definition) is 5. The number of anilines is 1. The first-order chi connectivity index (χ1) is 17.7. The second kappa shape index (κ2) is 8.53. The zero-order chi connectivity index (χ0) is 24.1. The summed E-state index contributed by atoms with van der Waals surface area (Å²) in [6.45, 7) is 3.01. The van der Waals surface area contributed by atoms with Crippen LogP contribution in [0.3, 0.4) is 0 Å². The van der Waals surface area contributed by atoms with Gasteiger partial charge in [0.25, 0.3) is 0 Å². The minimum atomic E-state index is -0.265. The molecule has 0 amide bonds. The standard InChI is InChI=1S/C29H25FN6/c30-23-8-6-21(7-9-23)28-29(22-12-14-31-15-13-22)36-26(32-28)10-11-27(33-36)35-19-24-16-25(35)18-34(24)17-20-4-2-1-3-5-20/h1-15,24-25H,16-19H2/t24-,25-/m0/s1. The molecule has 2 aliphatic heterocycles. The van der Waals surface area contributed by atoms with E-state index in [4.69, 9.17) is 10.1 Å². The summed E-state index contributed by atoms with van der Waals surface area (Å²) in [7, 11) is 0. The SMILES string of the molecule is Fc1ccc(-c2nc3ccc(N4C[C@@H]5C[C@H]4CN5Cc4ccccc4)nn3c2-c2ccncc2)cc1. The summed E-state index contributed by atoms with van der Waals surface area (Å²) in [6.07, 6.45) is 4.70. The van der Waals surface area contributed by atoms with E-state index in [0.29, 0.717) is 12.1 Å². The fraction of sp³-hybridized carbons (Fsp3) is 0.207. The van der Waals surface area contributed by atoms with Gasteiger partial charge in [-0.1, -0.05) is 30.3 Å². The number of fused-ring (bicyclic) bond motifs is 3. The summed E-state index contributed by atoms with van der Waals surface area (Å²) in [5, 5.41) is 5.09. The first kappa shape index (κ1) is 21.2. The van der Waals surface area contributed by atoms with Gasteiger partial charge >= 0.3 is 0 Å². The molecule has 36 heavy (non-hydrogen) atoms. The van der Waals surface area contributed by atoms with E-state index in [1.165, 1.54) is 17.7 Å². The van der Waals surface area contributed by atoms with Crippen LogP contribution in [0.5, 0.6) is 0 Å². The molecular formula is C29H25FN6. The van der Waals surface area contributed by atoms with Crippen molar-refractivity contribution < 1.29 is 4.39 Å². The zero-order valence-electron chi connectivity index (χ0n) is 19.7. The van der Waals surface area contributed by atoms with Crippen molar-refractivity contribution >= 4 is 11.5 Å². The molecule has 0 spiro atoms. The smallest absolute Gasteiger partial charge is 0.155 e. The van der Waals surface area contributed by atoms with Crippen molar-refractivity contribution in [1.29, 1.82) is 0 Å². The first-order valence-electron chi connectivity index (χ1n) is 12.3. The van der Waals surface area contributed by atoms with E-state index in [0.717, 1.165) is 60.0 Å². The second-order valence-electron chi connectivity index (χ2n) is 9.62. The Bertz CT molecular complexity index is 1520. The molecule has 7 rings (SSSR count). The summed E-state index contributed by atoms with van der Waals surface area (Å²) in [6, 6.07) is 26.2. The lowest BCUT2D eigenvalue weighted by atomic mass is 10.1. The number of pyridine rings is 1. The Morgan fingerprint density at radius 2 is 1.61 bits per heavy atom. The van der Waals surface area contributed by atoms with Crippen molar-refractivity contribution in [2.45, 2.75) is 25.0 Å². The average Bonchev–Trinajstić information content (AvgIpc) is 3.62. The Morgan fingerprint density at radius 1 is 0.806 bits per heavy atom. The highest BCUT2D eigenvalue weighted by Gasteiger charge is 2.43. The number of halogens is 1. The highest BCUT2D eigenvalue weighted by Crippen LogP contribution is 2.36. The van der Waals surface area contributed by atoms with Gasteiger partial charge in [-0.25, -0.2) is 13.9 Å². The highest BCUT2D eigenvalue weighted by atomic mass is 19.1. The van der Waals surface area contributed by atoms with Gasteiger partial charge in [-0.2, -0.15) is 0 Å². The van der Waals surface area contributed by atoms with E-state index in [-0.39, 0.29) is 5.82 Å². The number of imidazole rings is 1. The minimum absolute atomic E-state index is 0.265. The second-order valence-corrected chi connectivity index (χ2v) is 9.62. The molecule has 6 nitrogen and oxygen atoms in total. The maximum atomic E-state index is 13.6. The fourth-order valence-corrected chi connectivity index (χ4v) is 5.70. The van der Waals surface area contributed by atoms with E-state index in [1.54, 1.807) is 24.5 Å². The number of benzene rings is 2. The number of likely N-dealkylation sites (tertiary alicyclic amines) is 1. The van der Waals surface area contributed by atoms with Crippen molar-refractivity contribution in [3.8, 4) is 22.5 Å². The van der Waals surface area contributed by atoms with Crippen LogP contribution >= 0.6 is 0 Å². The number of piperazine rings is 1. The van der Waals surface area contributed by atoms with Gasteiger partial charge in [0.2, 0.25) is 0 Å². The summed E-state index contributed by atoms with van der Waals surface area (Å²) < 4.78 is 15.6. The molecule has 3 aromatic heterocycles. The van der Waals surface area contributed by atoms with Gasteiger partial charge in [-0.15, -0.1) is 5.10 Å². The molecule has 2 bridgehead atoms. The van der Waals surface area contributed by atoms with Gasteiger partial charge in [0, 0.05) is 55.2 Å². The number of aromatic nitrogens is 4. The lowest BCUT2D eigenvalue weighted by Gasteiger charge is -2.34. The normalized spacial score (nSPS) is 19.4. The Labute approximate surface area is 208 Å². The molecule has 0 unspecified atom stereocenters. The van der Waals surface area contributed by atoms with E-state index in [9.17, 15) is 4.39 Å². The quantitative estimate of drug-likeness (QED) is 0.355. The molecule has 2 aliphatic rings. The molecule has 178 valence electrons. The molecule has 2 aromatic carbocycles. The summed E-state index contributed by atoms with van der Waals surface area (Å²) in [5.74, 6) is 0.700. The van der Waals surface area contributed by atoms with E-state index in [1.807, 2.05) is 22.7 Å². The van der Waals surface area contributed by atoms with Gasteiger partial charge in [-0.05, 0) is 60.5 Å². The number of rotatable bonds is 5. The van der Waals surface area contributed by atoms with E-state index >= 15 is 0 Å². The zero-order valence-corrected chi connectivity index (χ0v) is 19.7. The van der Waals surface area contributed by atoms with Crippen LogP contribution in [0.25, 0.3) is 28.2 Å². The fourth-order valence-electron chi connectivity index (χ4n) is 5.70. The van der Waals surface area contributed by atoms with Gasteiger partial charge in [0.15, 0.2) is 5.65 Å². The monoisotopic (exact) mass is 476 g/mol. The molecule has 0 aliphatic carbocycles. The molecule has 7 heteroatoms. The average molecular weight is 477 g/mol. The lowest BCUT2D eigenvalue weighted by Crippen LogP contribution is -2.46. The molecule has 2 fully saturated rings. The summed E-state index contributed by atoms with van der Waals surface area (Å²) in [5.41, 5.74) is 5.62. The van der Waals surface area contributed by atoms with Crippen LogP contribution in [-0.4, -0.2) is 49.7 Å². The Morgan fingerprint density at radius 3 is 2.36 bits per heavy atom. The van der Waals surface area contributed by atoms with Crippen LogP contribution in [0.1, 0.15) is 12.0 Å². The van der Waals surface area contributed by atoms with Gasteiger partial charge in [0.05, 0.1) is 5.69 Å². The largest absolute Gasteiger partial charge is 0.349 e. The molecule has 0 radical (unpaired) electrons. The molecular weight excluding hydrogens is 451 g/mol. The minimum Gasteiger partial charge on any atom is -0.349 e. The molecule has 5 aromatic rings. The van der Waals surface area contributed by atoms with Crippen molar-refractivity contribution in [1.82, 2.24) is 24.5 Å². The Kier molecular flexibility index (Phi) is 5.03. The summed E-state index contributed by atoms with van der Waals surface area (Å²) in [4.78, 5) is 14.1. The third-order valence-electron chi connectivity index (χ3n) is 7.41. The number of nitrogens with zero attached hydrogens (tertiary/aromatic N) is 6. The van der Waals surface area contributed by atoms with Crippen LogP contribution in [0, 0.1) is 5.82 Å². The Hall–Kier alpha value is -4.10. The first-order valence-corrected chi connectivity index (χ1v) is 12.3. The molecule has 0 N–H and O–H groups in total. The third-order valence-corrected chi connectivity index (χ3v) is 7.41. The molecule has 2 atom stereocenters.